The van der Waals surface area contributed by atoms with Gasteiger partial charge in [0.25, 0.3) is 0 Å². The second kappa shape index (κ2) is 5.78. The van der Waals surface area contributed by atoms with Gasteiger partial charge in [0, 0.05) is 5.69 Å². The molecule has 0 heterocycles. The van der Waals surface area contributed by atoms with E-state index in [4.69, 9.17) is 4.74 Å². The van der Waals surface area contributed by atoms with Crippen molar-refractivity contribution in [2.45, 2.75) is 19.3 Å². The Hall–Kier alpha value is -2.29. The lowest BCUT2D eigenvalue weighted by Gasteiger charge is -2.24. The molecule has 2 aromatic carbocycles. The fourth-order valence-electron chi connectivity index (χ4n) is 1.95. The Morgan fingerprint density at radius 1 is 1.00 bits per heavy atom. The van der Waals surface area contributed by atoms with Crippen LogP contribution in [0.1, 0.15) is 19.4 Å². The van der Waals surface area contributed by atoms with Crippen LogP contribution in [-0.2, 0) is 10.2 Å². The molecular weight excluding hydrogens is 250 g/mol. The number of carbonyl (C=O) groups excluding carboxylic acids is 1. The molecule has 2 rings (SSSR count). The topological polar surface area (TPSA) is 38.3 Å². The highest BCUT2D eigenvalue weighted by Crippen LogP contribution is 2.25. The monoisotopic (exact) mass is 269 g/mol. The molecule has 0 spiro atoms. The van der Waals surface area contributed by atoms with Crippen LogP contribution in [0.3, 0.4) is 0 Å². The van der Waals surface area contributed by atoms with Gasteiger partial charge in [0.1, 0.15) is 5.75 Å². The van der Waals surface area contributed by atoms with Crippen molar-refractivity contribution < 1.29 is 9.53 Å². The van der Waals surface area contributed by atoms with Gasteiger partial charge in [-0.1, -0.05) is 30.3 Å². The third-order valence-corrected chi connectivity index (χ3v) is 3.41. The molecule has 20 heavy (non-hydrogen) atoms. The van der Waals surface area contributed by atoms with Gasteiger partial charge in [-0.2, -0.15) is 0 Å². The summed E-state index contributed by atoms with van der Waals surface area (Å²) in [6.07, 6.45) is 0. The van der Waals surface area contributed by atoms with E-state index in [1.807, 2.05) is 68.4 Å². The van der Waals surface area contributed by atoms with Crippen LogP contribution in [0.5, 0.6) is 5.75 Å². The average molecular weight is 269 g/mol. The number of ether oxygens (including phenoxy) is 1. The quantitative estimate of drug-likeness (QED) is 0.920. The number of carbonyl (C=O) groups is 1. The minimum absolute atomic E-state index is 0.0335. The van der Waals surface area contributed by atoms with E-state index in [-0.39, 0.29) is 5.91 Å². The molecule has 3 heteroatoms. The Morgan fingerprint density at radius 3 is 2.15 bits per heavy atom. The summed E-state index contributed by atoms with van der Waals surface area (Å²) in [7, 11) is 1.62. The van der Waals surface area contributed by atoms with Crippen molar-refractivity contribution in [3.8, 4) is 5.75 Å². The summed E-state index contributed by atoms with van der Waals surface area (Å²) in [5.74, 6) is 0.735. The second-order valence-corrected chi connectivity index (χ2v) is 5.17. The Morgan fingerprint density at radius 2 is 1.60 bits per heavy atom. The van der Waals surface area contributed by atoms with Crippen molar-refractivity contribution in [3.05, 3.63) is 60.2 Å². The molecule has 0 saturated carbocycles. The van der Waals surface area contributed by atoms with Crippen LogP contribution in [0.25, 0.3) is 0 Å². The number of methoxy groups -OCH3 is 1. The van der Waals surface area contributed by atoms with Crippen LogP contribution in [-0.4, -0.2) is 13.0 Å². The lowest BCUT2D eigenvalue weighted by molar-refractivity contribution is -0.120. The van der Waals surface area contributed by atoms with Crippen LogP contribution in [0.4, 0.5) is 5.69 Å². The largest absolute Gasteiger partial charge is 0.497 e. The molecular formula is C17H19NO2. The number of rotatable bonds is 4. The summed E-state index contributed by atoms with van der Waals surface area (Å²) in [4.78, 5) is 12.4. The van der Waals surface area contributed by atoms with Crippen LogP contribution >= 0.6 is 0 Å². The summed E-state index contributed by atoms with van der Waals surface area (Å²) >= 11 is 0. The van der Waals surface area contributed by atoms with Crippen molar-refractivity contribution in [1.29, 1.82) is 0 Å². The third-order valence-electron chi connectivity index (χ3n) is 3.41. The van der Waals surface area contributed by atoms with E-state index in [0.29, 0.717) is 0 Å². The first kappa shape index (κ1) is 14.1. The standard InChI is InChI=1S/C17H19NO2/c1-17(2,13-7-5-4-6-8-13)16(19)18-14-9-11-15(20-3)12-10-14/h4-12H,1-3H3,(H,18,19). The van der Waals surface area contributed by atoms with Crippen molar-refractivity contribution in [2.24, 2.45) is 0 Å². The zero-order valence-corrected chi connectivity index (χ0v) is 12.0. The van der Waals surface area contributed by atoms with Crippen LogP contribution < -0.4 is 10.1 Å². The van der Waals surface area contributed by atoms with E-state index < -0.39 is 5.41 Å². The van der Waals surface area contributed by atoms with Crippen LogP contribution in [0.15, 0.2) is 54.6 Å². The first-order chi connectivity index (χ1) is 9.54. The maximum absolute atomic E-state index is 12.4. The number of hydrogen-bond acceptors (Lipinski definition) is 2. The van der Waals surface area contributed by atoms with Gasteiger partial charge in [0.2, 0.25) is 5.91 Å². The molecule has 2 aromatic rings. The first-order valence-electron chi connectivity index (χ1n) is 6.55. The van der Waals surface area contributed by atoms with E-state index >= 15 is 0 Å². The molecule has 0 atom stereocenters. The fourth-order valence-corrected chi connectivity index (χ4v) is 1.95. The molecule has 0 radical (unpaired) electrons. The summed E-state index contributed by atoms with van der Waals surface area (Å²) in [5.41, 5.74) is 1.17. The van der Waals surface area contributed by atoms with E-state index in [0.717, 1.165) is 17.0 Å². The molecule has 0 bridgehead atoms. The molecule has 3 nitrogen and oxygen atoms in total. The van der Waals surface area contributed by atoms with Crippen molar-refractivity contribution >= 4 is 11.6 Å². The molecule has 0 unspecified atom stereocenters. The normalized spacial score (nSPS) is 10.9. The molecule has 0 aromatic heterocycles. The molecule has 0 aliphatic heterocycles. The SMILES string of the molecule is COc1ccc(NC(=O)C(C)(C)c2ccccc2)cc1. The van der Waals surface area contributed by atoms with E-state index in [9.17, 15) is 4.79 Å². The molecule has 0 aliphatic carbocycles. The van der Waals surface area contributed by atoms with E-state index in [1.54, 1.807) is 7.11 Å². The third kappa shape index (κ3) is 2.99. The lowest BCUT2D eigenvalue weighted by Crippen LogP contribution is -2.34. The first-order valence-corrected chi connectivity index (χ1v) is 6.55. The van der Waals surface area contributed by atoms with Gasteiger partial charge in [0.05, 0.1) is 12.5 Å². The molecule has 0 saturated heterocycles. The number of hydrogen-bond donors (Lipinski definition) is 1. The zero-order chi connectivity index (χ0) is 14.6. The molecule has 104 valence electrons. The predicted octanol–water partition coefficient (Wildman–Crippen LogP) is 3.61. The highest BCUT2D eigenvalue weighted by Gasteiger charge is 2.29. The van der Waals surface area contributed by atoms with Crippen LogP contribution in [0.2, 0.25) is 0 Å². The Balaban J connectivity index is 2.14. The van der Waals surface area contributed by atoms with E-state index in [1.165, 1.54) is 0 Å². The Kier molecular flexibility index (Phi) is 4.08. The highest BCUT2D eigenvalue weighted by molar-refractivity contribution is 5.98. The number of benzene rings is 2. The van der Waals surface area contributed by atoms with Crippen LogP contribution in [0, 0.1) is 0 Å². The molecule has 1 N–H and O–H groups in total. The minimum Gasteiger partial charge on any atom is -0.497 e. The number of nitrogens with one attached hydrogen (secondary N) is 1. The summed E-state index contributed by atoms with van der Waals surface area (Å²) in [6.45, 7) is 3.84. The summed E-state index contributed by atoms with van der Waals surface area (Å²) < 4.78 is 5.10. The highest BCUT2D eigenvalue weighted by atomic mass is 16.5. The second-order valence-electron chi connectivity index (χ2n) is 5.17. The van der Waals surface area contributed by atoms with Crippen molar-refractivity contribution in [2.75, 3.05) is 12.4 Å². The maximum Gasteiger partial charge on any atom is 0.234 e. The van der Waals surface area contributed by atoms with Gasteiger partial charge in [-0.05, 0) is 43.7 Å². The predicted molar refractivity (Wildman–Crippen MR) is 81.1 cm³/mol. The number of anilines is 1. The average Bonchev–Trinajstić information content (AvgIpc) is 2.49. The smallest absolute Gasteiger partial charge is 0.234 e. The molecule has 1 amide bonds. The molecule has 0 fully saturated rings. The summed E-state index contributed by atoms with van der Waals surface area (Å²) in [5, 5.41) is 2.94. The molecule has 0 aliphatic rings. The Labute approximate surface area is 119 Å². The fraction of sp³-hybridized carbons (Fsp3) is 0.235. The van der Waals surface area contributed by atoms with Gasteiger partial charge in [-0.25, -0.2) is 0 Å². The van der Waals surface area contributed by atoms with Gasteiger partial charge in [-0.3, -0.25) is 4.79 Å². The van der Waals surface area contributed by atoms with Crippen molar-refractivity contribution in [3.63, 3.8) is 0 Å². The van der Waals surface area contributed by atoms with Gasteiger partial charge in [-0.15, -0.1) is 0 Å². The maximum atomic E-state index is 12.4. The van der Waals surface area contributed by atoms with E-state index in [2.05, 4.69) is 5.32 Å². The summed E-state index contributed by atoms with van der Waals surface area (Å²) in [6, 6.07) is 17.1. The number of amides is 1. The van der Waals surface area contributed by atoms with Gasteiger partial charge >= 0.3 is 0 Å². The zero-order valence-electron chi connectivity index (χ0n) is 12.0. The van der Waals surface area contributed by atoms with Gasteiger partial charge in [0.15, 0.2) is 0 Å². The lowest BCUT2D eigenvalue weighted by atomic mass is 9.83. The Bertz CT molecular complexity index is 574. The minimum atomic E-state index is -0.582. The van der Waals surface area contributed by atoms with Crippen molar-refractivity contribution in [1.82, 2.24) is 0 Å². The van der Waals surface area contributed by atoms with Gasteiger partial charge < -0.3 is 10.1 Å².